The molecule has 0 aliphatic carbocycles. The first kappa shape index (κ1) is 12.4. The molecule has 0 saturated carbocycles. The molecule has 1 aliphatic heterocycles. The lowest BCUT2D eigenvalue weighted by Gasteiger charge is -2.22. The van der Waals surface area contributed by atoms with E-state index in [1.165, 1.54) is 11.3 Å². The van der Waals surface area contributed by atoms with Gasteiger partial charge in [0, 0.05) is 32.4 Å². The first-order chi connectivity index (χ1) is 8.35. The summed E-state index contributed by atoms with van der Waals surface area (Å²) in [5.41, 5.74) is 2.74. The fourth-order valence-electron chi connectivity index (χ4n) is 2.37. The van der Waals surface area contributed by atoms with E-state index in [-0.39, 0.29) is 0 Å². The van der Waals surface area contributed by atoms with Crippen LogP contribution in [0.5, 0.6) is 0 Å². The summed E-state index contributed by atoms with van der Waals surface area (Å²) in [4.78, 5) is 2.43. The number of nitrogens with one attached hydrogen (secondary N) is 1. The molecule has 0 bridgehead atoms. The third-order valence-electron chi connectivity index (χ3n) is 3.38. The van der Waals surface area contributed by atoms with Gasteiger partial charge in [-0.3, -0.25) is 0 Å². The fraction of sp³-hybridized carbons (Fsp3) is 0.571. The largest absolute Gasteiger partial charge is 0.380 e. The molecule has 17 heavy (non-hydrogen) atoms. The summed E-state index contributed by atoms with van der Waals surface area (Å²) in [6.45, 7) is 6.20. The molecule has 0 amide bonds. The number of hydrogen-bond acceptors (Lipinski definition) is 3. The number of para-hydroxylation sites is 1. The quantitative estimate of drug-likeness (QED) is 0.843. The Labute approximate surface area is 104 Å². The second kappa shape index (κ2) is 6.03. The van der Waals surface area contributed by atoms with Gasteiger partial charge in [0.15, 0.2) is 0 Å². The monoisotopic (exact) mass is 234 g/mol. The Hall–Kier alpha value is -1.06. The highest BCUT2D eigenvalue weighted by Gasteiger charge is 2.23. The van der Waals surface area contributed by atoms with Gasteiger partial charge >= 0.3 is 0 Å². The van der Waals surface area contributed by atoms with Gasteiger partial charge in [-0.15, -0.1) is 0 Å². The number of nitrogens with zero attached hydrogens (tertiary/aromatic N) is 1. The molecular weight excluding hydrogens is 212 g/mol. The zero-order valence-corrected chi connectivity index (χ0v) is 10.8. The Kier molecular flexibility index (Phi) is 4.40. The van der Waals surface area contributed by atoms with Crippen molar-refractivity contribution in [3.63, 3.8) is 0 Å². The number of hydrogen-bond donors (Lipinski definition) is 1. The van der Waals surface area contributed by atoms with E-state index in [1.807, 2.05) is 0 Å². The standard InChI is InChI=1S/C14H22N2O/c1-3-15-10-12-6-4-5-7-14(12)16-9-8-13(11-16)17-2/h4-7,13,15H,3,8-11H2,1-2H3. The normalized spacial score (nSPS) is 19.9. The van der Waals surface area contributed by atoms with Crippen molar-refractivity contribution in [3.05, 3.63) is 29.8 Å². The van der Waals surface area contributed by atoms with E-state index < -0.39 is 0 Å². The summed E-state index contributed by atoms with van der Waals surface area (Å²) < 4.78 is 5.43. The van der Waals surface area contributed by atoms with Crippen molar-refractivity contribution in [1.29, 1.82) is 0 Å². The Bertz CT molecular complexity index is 354. The zero-order valence-electron chi connectivity index (χ0n) is 10.8. The van der Waals surface area contributed by atoms with Gasteiger partial charge in [-0.25, -0.2) is 0 Å². The molecule has 1 saturated heterocycles. The first-order valence-corrected chi connectivity index (χ1v) is 6.41. The molecule has 3 nitrogen and oxygen atoms in total. The number of rotatable bonds is 5. The molecule has 1 atom stereocenters. The van der Waals surface area contributed by atoms with Crippen molar-refractivity contribution in [3.8, 4) is 0 Å². The maximum atomic E-state index is 5.43. The van der Waals surface area contributed by atoms with E-state index in [2.05, 4.69) is 41.4 Å². The van der Waals surface area contributed by atoms with Crippen LogP contribution in [-0.4, -0.2) is 32.8 Å². The molecule has 0 spiro atoms. The third-order valence-corrected chi connectivity index (χ3v) is 3.38. The van der Waals surface area contributed by atoms with Crippen molar-refractivity contribution in [2.45, 2.75) is 26.0 Å². The van der Waals surface area contributed by atoms with Gasteiger partial charge in [0.25, 0.3) is 0 Å². The van der Waals surface area contributed by atoms with Crippen LogP contribution < -0.4 is 10.2 Å². The number of anilines is 1. The van der Waals surface area contributed by atoms with Crippen LogP contribution in [0.15, 0.2) is 24.3 Å². The van der Waals surface area contributed by atoms with Crippen molar-refractivity contribution < 1.29 is 4.74 Å². The molecule has 1 N–H and O–H groups in total. The average Bonchev–Trinajstić information content (AvgIpc) is 2.85. The molecular formula is C14H22N2O. The predicted octanol–water partition coefficient (Wildman–Crippen LogP) is 2.02. The van der Waals surface area contributed by atoms with Gasteiger partial charge in [0.05, 0.1) is 6.10 Å². The van der Waals surface area contributed by atoms with Crippen LogP contribution in [0.3, 0.4) is 0 Å². The molecule has 1 aromatic carbocycles. The van der Waals surface area contributed by atoms with Crippen LogP contribution in [0.2, 0.25) is 0 Å². The lowest BCUT2D eigenvalue weighted by Crippen LogP contribution is -2.24. The van der Waals surface area contributed by atoms with E-state index in [0.717, 1.165) is 32.6 Å². The van der Waals surface area contributed by atoms with Crippen molar-refractivity contribution >= 4 is 5.69 Å². The van der Waals surface area contributed by atoms with E-state index >= 15 is 0 Å². The summed E-state index contributed by atoms with van der Waals surface area (Å²) >= 11 is 0. The van der Waals surface area contributed by atoms with E-state index in [9.17, 15) is 0 Å². The summed E-state index contributed by atoms with van der Waals surface area (Å²) in [5, 5.41) is 3.40. The van der Waals surface area contributed by atoms with Crippen LogP contribution in [0, 0.1) is 0 Å². The molecule has 0 radical (unpaired) electrons. The van der Waals surface area contributed by atoms with Crippen molar-refractivity contribution in [2.75, 3.05) is 31.6 Å². The molecule has 1 fully saturated rings. The third kappa shape index (κ3) is 2.99. The second-order valence-electron chi connectivity index (χ2n) is 4.50. The number of ether oxygens (including phenoxy) is 1. The fourth-order valence-corrected chi connectivity index (χ4v) is 2.37. The topological polar surface area (TPSA) is 24.5 Å². The summed E-state index contributed by atoms with van der Waals surface area (Å²) in [7, 11) is 1.80. The number of benzene rings is 1. The summed E-state index contributed by atoms with van der Waals surface area (Å²) in [6, 6.07) is 8.65. The van der Waals surface area contributed by atoms with Crippen LogP contribution in [-0.2, 0) is 11.3 Å². The molecule has 94 valence electrons. The van der Waals surface area contributed by atoms with Crippen LogP contribution in [0.25, 0.3) is 0 Å². The molecule has 1 heterocycles. The van der Waals surface area contributed by atoms with Crippen molar-refractivity contribution in [2.24, 2.45) is 0 Å². The molecule has 1 aromatic rings. The summed E-state index contributed by atoms with van der Waals surface area (Å²) in [6.07, 6.45) is 1.52. The zero-order chi connectivity index (χ0) is 12.1. The van der Waals surface area contributed by atoms with Gasteiger partial charge in [0.2, 0.25) is 0 Å². The minimum Gasteiger partial charge on any atom is -0.380 e. The Morgan fingerprint density at radius 3 is 2.94 bits per heavy atom. The Morgan fingerprint density at radius 1 is 1.41 bits per heavy atom. The van der Waals surface area contributed by atoms with Gasteiger partial charge in [-0.2, -0.15) is 0 Å². The van der Waals surface area contributed by atoms with E-state index in [4.69, 9.17) is 4.74 Å². The minimum absolute atomic E-state index is 0.391. The highest BCUT2D eigenvalue weighted by molar-refractivity contribution is 5.54. The van der Waals surface area contributed by atoms with E-state index in [1.54, 1.807) is 7.11 Å². The molecule has 0 aromatic heterocycles. The SMILES string of the molecule is CCNCc1ccccc1N1CCC(OC)C1. The highest BCUT2D eigenvalue weighted by Crippen LogP contribution is 2.25. The lowest BCUT2D eigenvalue weighted by molar-refractivity contribution is 0.121. The second-order valence-corrected chi connectivity index (χ2v) is 4.50. The average molecular weight is 234 g/mol. The maximum absolute atomic E-state index is 5.43. The van der Waals surface area contributed by atoms with Gasteiger partial charge < -0.3 is 15.0 Å². The maximum Gasteiger partial charge on any atom is 0.0762 e. The predicted molar refractivity (Wildman–Crippen MR) is 71.4 cm³/mol. The van der Waals surface area contributed by atoms with Crippen LogP contribution >= 0.6 is 0 Å². The van der Waals surface area contributed by atoms with Crippen LogP contribution in [0.4, 0.5) is 5.69 Å². The first-order valence-electron chi connectivity index (χ1n) is 6.41. The van der Waals surface area contributed by atoms with Gasteiger partial charge in [-0.1, -0.05) is 25.1 Å². The smallest absolute Gasteiger partial charge is 0.0762 e. The van der Waals surface area contributed by atoms with Gasteiger partial charge in [0.1, 0.15) is 0 Å². The van der Waals surface area contributed by atoms with Crippen molar-refractivity contribution in [1.82, 2.24) is 5.32 Å². The van der Waals surface area contributed by atoms with Crippen LogP contribution in [0.1, 0.15) is 18.9 Å². The Balaban J connectivity index is 2.09. The highest BCUT2D eigenvalue weighted by atomic mass is 16.5. The van der Waals surface area contributed by atoms with E-state index in [0.29, 0.717) is 6.10 Å². The minimum atomic E-state index is 0.391. The molecule has 2 rings (SSSR count). The summed E-state index contributed by atoms with van der Waals surface area (Å²) in [5.74, 6) is 0. The molecule has 3 heteroatoms. The lowest BCUT2D eigenvalue weighted by atomic mass is 10.1. The Morgan fingerprint density at radius 2 is 2.24 bits per heavy atom. The molecule has 1 unspecified atom stereocenters. The van der Waals surface area contributed by atoms with Gasteiger partial charge in [-0.05, 0) is 24.6 Å². The number of methoxy groups -OCH3 is 1. The molecule has 1 aliphatic rings.